The zero-order valence-corrected chi connectivity index (χ0v) is 18.4. The Morgan fingerprint density at radius 1 is 1.03 bits per heavy atom. The molecule has 0 saturated heterocycles. The summed E-state index contributed by atoms with van der Waals surface area (Å²) in [5.74, 6) is 1.11. The zero-order valence-electron chi connectivity index (χ0n) is 18.4. The number of nitrogens with one attached hydrogen (secondary N) is 2. The van der Waals surface area contributed by atoms with Crippen molar-refractivity contribution in [1.29, 1.82) is 0 Å². The number of H-pyrrole nitrogens is 1. The average Bonchev–Trinajstić information content (AvgIpc) is 3.51. The van der Waals surface area contributed by atoms with Crippen LogP contribution in [0.3, 0.4) is 0 Å². The first kappa shape index (κ1) is 19.7. The molecule has 168 valence electrons. The van der Waals surface area contributed by atoms with Gasteiger partial charge in [0.2, 0.25) is 0 Å². The molecule has 4 aromatic heterocycles. The van der Waals surface area contributed by atoms with E-state index in [9.17, 15) is 0 Å². The Morgan fingerprint density at radius 2 is 1.85 bits per heavy atom. The van der Waals surface area contributed by atoms with Gasteiger partial charge in [-0.1, -0.05) is 18.2 Å². The number of oxazole rings is 1. The van der Waals surface area contributed by atoms with Crippen LogP contribution in [0.4, 0.5) is 23.5 Å². The van der Waals surface area contributed by atoms with Crippen molar-refractivity contribution in [1.82, 2.24) is 34.7 Å². The van der Waals surface area contributed by atoms with Gasteiger partial charge in [0.1, 0.15) is 23.4 Å². The number of aromatic nitrogens is 7. The molecule has 11 heteroatoms. The molecule has 4 heterocycles. The highest BCUT2D eigenvalue weighted by Crippen LogP contribution is 2.33. The van der Waals surface area contributed by atoms with E-state index in [1.54, 1.807) is 10.9 Å². The molecule has 0 saturated carbocycles. The predicted octanol–water partition coefficient (Wildman–Crippen LogP) is 3.87. The van der Waals surface area contributed by atoms with Crippen LogP contribution < -0.4 is 16.8 Å². The predicted molar refractivity (Wildman–Crippen MR) is 130 cm³/mol. The number of fused-ring (bicyclic) bond motifs is 2. The summed E-state index contributed by atoms with van der Waals surface area (Å²) in [5, 5.41) is 8.56. The van der Waals surface area contributed by atoms with Crippen molar-refractivity contribution < 1.29 is 4.42 Å². The van der Waals surface area contributed by atoms with Gasteiger partial charge < -0.3 is 26.2 Å². The van der Waals surface area contributed by atoms with Gasteiger partial charge in [-0.05, 0) is 43.2 Å². The monoisotopic (exact) mass is 452 g/mol. The molecule has 0 aliphatic heterocycles. The summed E-state index contributed by atoms with van der Waals surface area (Å²) in [6.07, 6.45) is 3.05. The molecule has 0 radical (unpaired) electrons. The molecule has 11 nitrogen and oxygen atoms in total. The number of aromatic amines is 1. The van der Waals surface area contributed by atoms with Crippen LogP contribution in [-0.4, -0.2) is 34.7 Å². The van der Waals surface area contributed by atoms with Crippen molar-refractivity contribution in [3.8, 4) is 17.1 Å². The molecule has 0 spiro atoms. The number of hydrogen-bond acceptors (Lipinski definition) is 9. The van der Waals surface area contributed by atoms with Crippen LogP contribution in [0.2, 0.25) is 0 Å². The Bertz CT molecular complexity index is 1680. The molecular formula is C23H20N10O. The molecule has 0 aliphatic carbocycles. The van der Waals surface area contributed by atoms with Crippen molar-refractivity contribution in [3.63, 3.8) is 0 Å². The number of nitrogen functional groups attached to an aromatic ring is 2. The molecule has 0 fully saturated rings. The summed E-state index contributed by atoms with van der Waals surface area (Å²) in [7, 11) is 0. The van der Waals surface area contributed by atoms with Gasteiger partial charge in [-0.2, -0.15) is 19.7 Å². The highest BCUT2D eigenvalue weighted by molar-refractivity contribution is 5.99. The van der Waals surface area contributed by atoms with Gasteiger partial charge in [-0.3, -0.25) is 0 Å². The quantitative estimate of drug-likeness (QED) is 0.311. The SMILES string of the molecule is Cc1cc(C)c2oc(Nc3ccc(-c4nn(-c5c[nH]c(N)n5)c5ncnc(N)c45)cc3)nc2c1. The maximum absolute atomic E-state index is 6.19. The average molecular weight is 452 g/mol. The smallest absolute Gasteiger partial charge is 0.300 e. The van der Waals surface area contributed by atoms with E-state index in [-0.39, 0.29) is 5.95 Å². The number of nitrogens with two attached hydrogens (primary N) is 2. The van der Waals surface area contributed by atoms with E-state index in [4.69, 9.17) is 21.0 Å². The largest absolute Gasteiger partial charge is 0.423 e. The molecule has 0 amide bonds. The molecule has 0 unspecified atom stereocenters. The van der Waals surface area contributed by atoms with Gasteiger partial charge in [0, 0.05) is 17.4 Å². The second kappa shape index (κ2) is 7.30. The lowest BCUT2D eigenvalue weighted by atomic mass is 10.1. The number of anilines is 4. The molecule has 0 bridgehead atoms. The van der Waals surface area contributed by atoms with E-state index in [2.05, 4.69) is 36.3 Å². The van der Waals surface area contributed by atoms with Crippen molar-refractivity contribution >= 4 is 45.6 Å². The summed E-state index contributed by atoms with van der Waals surface area (Å²) in [5.41, 5.74) is 18.5. The Balaban J connectivity index is 1.37. The number of benzene rings is 2. The molecule has 0 aliphatic rings. The number of nitrogens with zero attached hydrogens (tertiary/aromatic N) is 6. The third-order valence-corrected chi connectivity index (χ3v) is 5.52. The van der Waals surface area contributed by atoms with Crippen LogP contribution in [0, 0.1) is 13.8 Å². The second-order valence-corrected chi connectivity index (χ2v) is 8.01. The third kappa shape index (κ3) is 3.18. The highest BCUT2D eigenvalue weighted by Gasteiger charge is 2.19. The number of rotatable bonds is 4. The Hall–Kier alpha value is -4.93. The minimum absolute atomic E-state index is 0.280. The van der Waals surface area contributed by atoms with Crippen LogP contribution in [0.5, 0.6) is 0 Å². The summed E-state index contributed by atoms with van der Waals surface area (Å²) >= 11 is 0. The first-order chi connectivity index (χ1) is 16.5. The fourth-order valence-electron chi connectivity index (χ4n) is 4.04. The van der Waals surface area contributed by atoms with Gasteiger partial charge in [-0.25, -0.2) is 9.97 Å². The lowest BCUT2D eigenvalue weighted by Crippen LogP contribution is -1.99. The van der Waals surface area contributed by atoms with Crippen molar-refractivity contribution in [3.05, 3.63) is 60.0 Å². The van der Waals surface area contributed by atoms with E-state index in [1.807, 2.05) is 44.2 Å². The van der Waals surface area contributed by atoms with Gasteiger partial charge in [0.15, 0.2) is 23.0 Å². The first-order valence-corrected chi connectivity index (χ1v) is 10.5. The normalized spacial score (nSPS) is 11.5. The topological polar surface area (TPSA) is 162 Å². The van der Waals surface area contributed by atoms with Crippen LogP contribution in [0.15, 0.2) is 53.3 Å². The Kier molecular flexibility index (Phi) is 4.24. The van der Waals surface area contributed by atoms with Crippen molar-refractivity contribution in [2.24, 2.45) is 0 Å². The Morgan fingerprint density at radius 3 is 2.62 bits per heavy atom. The van der Waals surface area contributed by atoms with Crippen LogP contribution in [0.25, 0.3) is 39.2 Å². The molecule has 6 rings (SSSR count). The van der Waals surface area contributed by atoms with E-state index in [0.717, 1.165) is 33.5 Å². The van der Waals surface area contributed by atoms with Gasteiger partial charge in [0.25, 0.3) is 6.01 Å². The summed E-state index contributed by atoms with van der Waals surface area (Å²) in [4.78, 5) is 20.2. The second-order valence-electron chi connectivity index (χ2n) is 8.01. The van der Waals surface area contributed by atoms with E-state index >= 15 is 0 Å². The Labute approximate surface area is 192 Å². The number of aryl methyl sites for hydroxylation is 2. The molecule has 6 aromatic rings. The number of imidazole rings is 1. The number of hydrogen-bond donors (Lipinski definition) is 4. The van der Waals surface area contributed by atoms with Crippen LogP contribution in [0.1, 0.15) is 11.1 Å². The van der Waals surface area contributed by atoms with Gasteiger partial charge in [-0.15, -0.1) is 0 Å². The first-order valence-electron chi connectivity index (χ1n) is 10.5. The minimum atomic E-state index is 0.280. The molecular weight excluding hydrogens is 432 g/mol. The molecule has 2 aromatic carbocycles. The lowest BCUT2D eigenvalue weighted by Gasteiger charge is -2.03. The van der Waals surface area contributed by atoms with Crippen molar-refractivity contribution in [2.45, 2.75) is 13.8 Å². The summed E-state index contributed by atoms with van der Waals surface area (Å²) in [6.45, 7) is 4.05. The van der Waals surface area contributed by atoms with E-state index in [0.29, 0.717) is 34.4 Å². The maximum atomic E-state index is 6.19. The molecule has 0 atom stereocenters. The summed E-state index contributed by atoms with van der Waals surface area (Å²) in [6, 6.07) is 12.2. The van der Waals surface area contributed by atoms with Gasteiger partial charge in [0.05, 0.1) is 5.39 Å². The summed E-state index contributed by atoms with van der Waals surface area (Å²) < 4.78 is 7.50. The molecule has 6 N–H and O–H groups in total. The third-order valence-electron chi connectivity index (χ3n) is 5.52. The highest BCUT2D eigenvalue weighted by atomic mass is 16.4. The zero-order chi connectivity index (χ0) is 23.4. The maximum Gasteiger partial charge on any atom is 0.300 e. The van der Waals surface area contributed by atoms with Gasteiger partial charge >= 0.3 is 0 Å². The minimum Gasteiger partial charge on any atom is -0.423 e. The van der Waals surface area contributed by atoms with Crippen molar-refractivity contribution in [2.75, 3.05) is 16.8 Å². The lowest BCUT2D eigenvalue weighted by molar-refractivity contribution is 0.620. The van der Waals surface area contributed by atoms with E-state index < -0.39 is 0 Å². The van der Waals surface area contributed by atoms with Crippen LogP contribution in [-0.2, 0) is 0 Å². The van der Waals surface area contributed by atoms with Crippen LogP contribution >= 0.6 is 0 Å². The fraction of sp³-hybridized carbons (Fsp3) is 0.0870. The van der Waals surface area contributed by atoms with E-state index in [1.165, 1.54) is 6.33 Å². The molecule has 34 heavy (non-hydrogen) atoms. The standard InChI is InChI=1S/C23H20N10O/c1-11-7-12(2)19-15(8-11)30-23(34-19)29-14-5-3-13(4-6-14)18-17-20(24)27-10-28-21(17)33(32-18)16-9-26-22(25)31-16/h3-10H,1-2H3,(H,29,30)(H2,24,27,28)(H3,25,26,31). The fourth-order valence-corrected chi connectivity index (χ4v) is 4.04.